The average molecular weight is 330 g/mol. The lowest BCUT2D eigenvalue weighted by molar-refractivity contribution is 0.514. The maximum absolute atomic E-state index is 6.27. The second kappa shape index (κ2) is 7.36. The van der Waals surface area contributed by atoms with Gasteiger partial charge in [0.15, 0.2) is 0 Å². The van der Waals surface area contributed by atoms with Crippen molar-refractivity contribution in [1.29, 1.82) is 0 Å². The Morgan fingerprint density at radius 1 is 1.40 bits per heavy atom. The number of halogens is 2. The Hall–Kier alpha value is -0.680. The van der Waals surface area contributed by atoms with Crippen LogP contribution in [-0.4, -0.2) is 16.5 Å². The van der Waals surface area contributed by atoms with Crippen molar-refractivity contribution in [1.82, 2.24) is 15.3 Å². The molecule has 0 aromatic carbocycles. The number of hydrogen-bond donors (Lipinski definition) is 1. The van der Waals surface area contributed by atoms with Crippen LogP contribution in [0, 0.1) is 6.92 Å². The summed E-state index contributed by atoms with van der Waals surface area (Å²) in [6.45, 7) is 5.05. The highest BCUT2D eigenvalue weighted by Gasteiger charge is 2.18. The van der Waals surface area contributed by atoms with Gasteiger partial charge in [0.25, 0.3) is 0 Å². The van der Waals surface area contributed by atoms with E-state index in [4.69, 9.17) is 23.2 Å². The second-order valence-corrected chi connectivity index (χ2v) is 6.50. The second-order valence-electron chi connectivity index (χ2n) is 4.59. The summed E-state index contributed by atoms with van der Waals surface area (Å²) in [5.41, 5.74) is 1.89. The lowest BCUT2D eigenvalue weighted by Gasteiger charge is -2.18. The smallest absolute Gasteiger partial charge is 0.0897 e. The van der Waals surface area contributed by atoms with E-state index in [0.29, 0.717) is 10.0 Å². The molecule has 2 rings (SSSR count). The summed E-state index contributed by atoms with van der Waals surface area (Å²) < 4.78 is 0. The number of nitrogens with one attached hydrogen (secondary N) is 1. The highest BCUT2D eigenvalue weighted by Crippen LogP contribution is 2.26. The molecule has 1 atom stereocenters. The van der Waals surface area contributed by atoms with E-state index in [-0.39, 0.29) is 6.04 Å². The van der Waals surface area contributed by atoms with Crippen molar-refractivity contribution in [2.75, 3.05) is 6.54 Å². The van der Waals surface area contributed by atoms with E-state index in [9.17, 15) is 0 Å². The van der Waals surface area contributed by atoms with Gasteiger partial charge in [-0.15, -0.1) is 11.3 Å². The van der Waals surface area contributed by atoms with E-state index >= 15 is 0 Å². The Morgan fingerprint density at radius 2 is 2.20 bits per heavy atom. The normalized spacial score (nSPS) is 12.6. The average Bonchev–Trinajstić information content (AvgIpc) is 2.80. The Bertz CT molecular complexity index is 571. The lowest BCUT2D eigenvalue weighted by Crippen LogP contribution is -2.25. The largest absolute Gasteiger partial charge is 0.308 e. The molecule has 2 heterocycles. The van der Waals surface area contributed by atoms with Crippen LogP contribution in [0.3, 0.4) is 0 Å². The standard InChI is InChI=1S/C14H17Cl2N3S/c1-3-4-17-13(6-11-8-20-9(2)19-11)14-12(16)5-10(15)7-18-14/h5,7-8,13,17H,3-4,6H2,1-2H3. The Morgan fingerprint density at radius 3 is 2.80 bits per heavy atom. The molecule has 3 nitrogen and oxygen atoms in total. The highest BCUT2D eigenvalue weighted by atomic mass is 35.5. The third-order valence-corrected chi connectivity index (χ3v) is 4.22. The van der Waals surface area contributed by atoms with Gasteiger partial charge < -0.3 is 5.32 Å². The van der Waals surface area contributed by atoms with Gasteiger partial charge in [-0.3, -0.25) is 4.98 Å². The van der Waals surface area contributed by atoms with Gasteiger partial charge in [-0.05, 0) is 26.0 Å². The molecule has 0 radical (unpaired) electrons. The van der Waals surface area contributed by atoms with Crippen LogP contribution in [0.5, 0.6) is 0 Å². The highest BCUT2D eigenvalue weighted by molar-refractivity contribution is 7.09. The molecule has 108 valence electrons. The Balaban J connectivity index is 2.22. The molecule has 20 heavy (non-hydrogen) atoms. The van der Waals surface area contributed by atoms with Crippen molar-refractivity contribution in [2.45, 2.75) is 32.7 Å². The van der Waals surface area contributed by atoms with Crippen LogP contribution >= 0.6 is 34.5 Å². The van der Waals surface area contributed by atoms with E-state index in [1.165, 1.54) is 0 Å². The first kappa shape index (κ1) is 15.7. The van der Waals surface area contributed by atoms with Crippen LogP contribution in [-0.2, 0) is 6.42 Å². The molecule has 2 aromatic heterocycles. The molecule has 1 N–H and O–H groups in total. The summed E-state index contributed by atoms with van der Waals surface area (Å²) in [4.78, 5) is 8.90. The fourth-order valence-corrected chi connectivity index (χ4v) is 3.11. The first-order valence-electron chi connectivity index (χ1n) is 6.55. The zero-order valence-electron chi connectivity index (χ0n) is 11.5. The molecular weight excluding hydrogens is 313 g/mol. The van der Waals surface area contributed by atoms with Crippen LogP contribution < -0.4 is 5.32 Å². The number of nitrogens with zero attached hydrogens (tertiary/aromatic N) is 2. The minimum Gasteiger partial charge on any atom is -0.308 e. The van der Waals surface area contributed by atoms with Gasteiger partial charge in [0.05, 0.1) is 32.5 Å². The van der Waals surface area contributed by atoms with Crippen molar-refractivity contribution in [3.63, 3.8) is 0 Å². The molecule has 0 aliphatic heterocycles. The van der Waals surface area contributed by atoms with Crippen LogP contribution in [0.2, 0.25) is 10.0 Å². The molecular formula is C14H17Cl2N3S. The first-order valence-corrected chi connectivity index (χ1v) is 8.19. The summed E-state index contributed by atoms with van der Waals surface area (Å²) in [5.74, 6) is 0. The van der Waals surface area contributed by atoms with E-state index in [2.05, 4.69) is 27.6 Å². The number of thiazole rings is 1. The molecule has 0 aliphatic rings. The molecule has 0 aliphatic carbocycles. The summed E-state index contributed by atoms with van der Waals surface area (Å²) in [6.07, 6.45) is 3.46. The third-order valence-electron chi connectivity index (χ3n) is 2.89. The van der Waals surface area contributed by atoms with Gasteiger partial charge >= 0.3 is 0 Å². The van der Waals surface area contributed by atoms with Crippen molar-refractivity contribution in [2.24, 2.45) is 0 Å². The predicted octanol–water partition coefficient (Wildman–Crippen LogP) is 4.44. The maximum atomic E-state index is 6.27. The summed E-state index contributed by atoms with van der Waals surface area (Å²) >= 11 is 13.8. The van der Waals surface area contributed by atoms with Gasteiger partial charge in [0, 0.05) is 18.0 Å². The van der Waals surface area contributed by atoms with E-state index in [0.717, 1.165) is 35.8 Å². The zero-order valence-corrected chi connectivity index (χ0v) is 13.8. The lowest BCUT2D eigenvalue weighted by atomic mass is 10.1. The fourth-order valence-electron chi connectivity index (χ4n) is 1.98. The van der Waals surface area contributed by atoms with E-state index in [1.54, 1.807) is 23.6 Å². The monoisotopic (exact) mass is 329 g/mol. The van der Waals surface area contributed by atoms with Gasteiger partial charge in [0.1, 0.15) is 0 Å². The van der Waals surface area contributed by atoms with Crippen molar-refractivity contribution in [3.8, 4) is 0 Å². The van der Waals surface area contributed by atoms with Crippen molar-refractivity contribution in [3.05, 3.63) is 44.1 Å². The van der Waals surface area contributed by atoms with Crippen molar-refractivity contribution < 1.29 is 0 Å². The number of aromatic nitrogens is 2. The van der Waals surface area contributed by atoms with Crippen LogP contribution in [0.4, 0.5) is 0 Å². The van der Waals surface area contributed by atoms with E-state index in [1.807, 2.05) is 6.92 Å². The fraction of sp³-hybridized carbons (Fsp3) is 0.429. The minimum atomic E-state index is 0.0567. The SMILES string of the molecule is CCCNC(Cc1csc(C)n1)c1ncc(Cl)cc1Cl. The Labute approximate surface area is 133 Å². The van der Waals surface area contributed by atoms with E-state index < -0.39 is 0 Å². The first-order chi connectivity index (χ1) is 9.60. The molecule has 0 saturated heterocycles. The topological polar surface area (TPSA) is 37.8 Å². The molecule has 0 spiro atoms. The van der Waals surface area contributed by atoms with Gasteiger partial charge in [0.2, 0.25) is 0 Å². The summed E-state index contributed by atoms with van der Waals surface area (Å²) in [5, 5.41) is 7.78. The molecule has 6 heteroatoms. The quantitative estimate of drug-likeness (QED) is 0.851. The third kappa shape index (κ3) is 4.16. The van der Waals surface area contributed by atoms with Gasteiger partial charge in [-0.2, -0.15) is 0 Å². The van der Waals surface area contributed by atoms with Crippen LogP contribution in [0.1, 0.15) is 35.8 Å². The molecule has 0 saturated carbocycles. The molecule has 2 aromatic rings. The summed E-state index contributed by atoms with van der Waals surface area (Å²) in [6, 6.07) is 1.79. The molecule has 1 unspecified atom stereocenters. The van der Waals surface area contributed by atoms with Crippen LogP contribution in [0.15, 0.2) is 17.6 Å². The van der Waals surface area contributed by atoms with Gasteiger partial charge in [-0.1, -0.05) is 30.1 Å². The maximum Gasteiger partial charge on any atom is 0.0897 e. The van der Waals surface area contributed by atoms with Gasteiger partial charge in [-0.25, -0.2) is 4.98 Å². The predicted molar refractivity (Wildman–Crippen MR) is 85.8 cm³/mol. The summed E-state index contributed by atoms with van der Waals surface area (Å²) in [7, 11) is 0. The number of aryl methyl sites for hydroxylation is 1. The number of rotatable bonds is 6. The molecule has 0 amide bonds. The number of hydrogen-bond acceptors (Lipinski definition) is 4. The molecule has 0 fully saturated rings. The zero-order chi connectivity index (χ0) is 14.5. The van der Waals surface area contributed by atoms with Crippen LogP contribution in [0.25, 0.3) is 0 Å². The minimum absolute atomic E-state index is 0.0567. The Kier molecular flexibility index (Phi) is 5.78. The molecule has 0 bridgehead atoms. The number of pyridine rings is 1. The van der Waals surface area contributed by atoms with Crippen molar-refractivity contribution >= 4 is 34.5 Å².